The number of piperidine rings is 2. The fourth-order valence-corrected chi connectivity index (χ4v) is 16.7. The maximum Gasteiger partial charge on any atom is 0.262 e. The highest BCUT2D eigenvalue weighted by molar-refractivity contribution is 7.21. The Kier molecular flexibility index (Phi) is 23.3. The predicted octanol–water partition coefficient (Wildman–Crippen LogP) is 10.5. The molecule has 0 spiro atoms. The van der Waals surface area contributed by atoms with Crippen LogP contribution in [0.2, 0.25) is 0 Å². The Labute approximate surface area is 551 Å². The van der Waals surface area contributed by atoms with Gasteiger partial charge in [-0.15, -0.1) is 22.7 Å². The van der Waals surface area contributed by atoms with Crippen molar-refractivity contribution < 1.29 is 38.2 Å². The molecule has 6 amide bonds. The number of nitrogens with zero attached hydrogens (tertiary/aromatic N) is 2. The Bertz CT molecular complexity index is 3200. The lowest BCUT2D eigenvalue weighted by Gasteiger charge is -2.35. The third-order valence-electron chi connectivity index (χ3n) is 20.4. The fraction of sp³-hybridized carbons (Fsp3) is 0.541. The lowest BCUT2D eigenvalue weighted by molar-refractivity contribution is -0.132. The number of benzene rings is 4. The highest BCUT2D eigenvalue weighted by Crippen LogP contribution is 2.35. The van der Waals surface area contributed by atoms with Crippen molar-refractivity contribution in [3.63, 3.8) is 0 Å². The topological polar surface area (TPSA) is 200 Å². The van der Waals surface area contributed by atoms with Gasteiger partial charge in [0.25, 0.3) is 11.8 Å². The van der Waals surface area contributed by atoms with E-state index in [2.05, 4.69) is 53.8 Å². The maximum atomic E-state index is 14.0. The first kappa shape index (κ1) is 66.9. The quantitative estimate of drug-likeness (QED) is 0.0380. The van der Waals surface area contributed by atoms with Crippen molar-refractivity contribution in [3.8, 4) is 0 Å². The van der Waals surface area contributed by atoms with Gasteiger partial charge < -0.3 is 51.2 Å². The molecule has 2 atom stereocenters. The number of carbonyl (C=O) groups excluding carboxylic acids is 6. The van der Waals surface area contributed by atoms with Crippen molar-refractivity contribution in [2.24, 2.45) is 23.7 Å². The molecule has 0 radical (unpaired) electrons. The van der Waals surface area contributed by atoms with Crippen LogP contribution in [0, 0.1) is 37.5 Å². The summed E-state index contributed by atoms with van der Waals surface area (Å²) in [4.78, 5) is 88.9. The Morgan fingerprint density at radius 1 is 0.478 bits per heavy atom. The number of carbonyl (C=O) groups is 6. The molecule has 0 unspecified atom stereocenters. The minimum atomic E-state index is -1.03. The smallest absolute Gasteiger partial charge is 0.262 e. The van der Waals surface area contributed by atoms with Gasteiger partial charge >= 0.3 is 0 Å². The van der Waals surface area contributed by atoms with Gasteiger partial charge in [0.2, 0.25) is 23.6 Å². The molecule has 492 valence electrons. The summed E-state index contributed by atoms with van der Waals surface area (Å²) < 4.78 is 13.2. The third-order valence-corrected chi connectivity index (χ3v) is 22.5. The number of amides is 6. The molecule has 4 aromatic carbocycles. The summed E-state index contributed by atoms with van der Waals surface area (Å²) in [5.74, 6) is 0.973. The second kappa shape index (κ2) is 32.1. The second-order valence-corrected chi connectivity index (χ2v) is 29.5. The number of hydrogen-bond acceptors (Lipinski definition) is 12. The first-order valence-electron chi connectivity index (χ1n) is 34.2. The molecule has 6 aromatic rings. The number of rotatable bonds is 22. The van der Waals surface area contributed by atoms with Crippen LogP contribution in [-0.4, -0.2) is 147 Å². The summed E-state index contributed by atoms with van der Waals surface area (Å²) in [5, 5.41) is 20.9. The van der Waals surface area contributed by atoms with Crippen molar-refractivity contribution in [3.05, 3.63) is 141 Å². The van der Waals surface area contributed by atoms with Crippen LogP contribution in [0.4, 0.5) is 0 Å². The Morgan fingerprint density at radius 3 is 1.22 bits per heavy atom. The molecule has 4 aliphatic heterocycles. The average Bonchev–Trinajstić information content (AvgIpc) is 2.53. The molecule has 4 saturated heterocycles. The summed E-state index contributed by atoms with van der Waals surface area (Å²) in [6.45, 7) is 15.4. The monoisotopic (exact) mass is 1290 g/mol. The molecule has 6 aliphatic rings. The molecule has 0 bridgehead atoms. The molecular formula is C74H96N8O8S2. The van der Waals surface area contributed by atoms with Crippen molar-refractivity contribution >= 4 is 78.3 Å². The van der Waals surface area contributed by atoms with E-state index < -0.39 is 23.2 Å². The third kappa shape index (κ3) is 18.0. The molecule has 12 rings (SSSR count). The van der Waals surface area contributed by atoms with E-state index in [1.165, 1.54) is 22.7 Å². The van der Waals surface area contributed by atoms with E-state index in [1.807, 2.05) is 111 Å². The van der Waals surface area contributed by atoms with Crippen LogP contribution in [-0.2, 0) is 41.5 Å². The Hall–Kier alpha value is -6.54. The molecular weight excluding hydrogens is 1190 g/mol. The molecule has 6 heterocycles. The largest absolute Gasteiger partial charge is 0.381 e. The van der Waals surface area contributed by atoms with Crippen LogP contribution < -0.4 is 31.9 Å². The van der Waals surface area contributed by atoms with Crippen LogP contribution in [0.1, 0.15) is 144 Å². The normalized spacial score (nSPS) is 19.9. The first-order chi connectivity index (χ1) is 44.7. The number of ether oxygens (including phenoxy) is 2. The van der Waals surface area contributed by atoms with Gasteiger partial charge in [-0.1, -0.05) is 111 Å². The van der Waals surface area contributed by atoms with Crippen molar-refractivity contribution in [2.75, 3.05) is 78.8 Å². The van der Waals surface area contributed by atoms with Gasteiger partial charge in [0, 0.05) is 74.8 Å². The van der Waals surface area contributed by atoms with E-state index in [4.69, 9.17) is 9.47 Å². The molecule has 6 N–H and O–H groups in total. The summed E-state index contributed by atoms with van der Waals surface area (Å²) in [6, 6.07) is 34.3. The highest BCUT2D eigenvalue weighted by atomic mass is 32.1. The van der Waals surface area contributed by atoms with Gasteiger partial charge in [-0.05, 0) is 198 Å². The molecule has 6 fully saturated rings. The molecule has 2 aromatic heterocycles. The zero-order chi connectivity index (χ0) is 63.9. The molecule has 18 heteroatoms. The van der Waals surface area contributed by atoms with Crippen LogP contribution >= 0.6 is 22.7 Å². The zero-order valence-electron chi connectivity index (χ0n) is 54.0. The zero-order valence-corrected chi connectivity index (χ0v) is 55.7. The maximum absolute atomic E-state index is 14.0. The molecule has 92 heavy (non-hydrogen) atoms. The number of hydrogen-bond donors (Lipinski definition) is 6. The first-order valence-corrected chi connectivity index (χ1v) is 35.9. The van der Waals surface area contributed by atoms with Crippen LogP contribution in [0.3, 0.4) is 0 Å². The van der Waals surface area contributed by atoms with E-state index in [0.29, 0.717) is 73.2 Å². The number of nitrogens with one attached hydrogen (secondary N) is 6. The summed E-state index contributed by atoms with van der Waals surface area (Å²) >= 11 is 2.89. The minimum Gasteiger partial charge on any atom is -0.381 e. The summed E-state index contributed by atoms with van der Waals surface area (Å²) in [6.07, 6.45) is 15.3. The van der Waals surface area contributed by atoms with Gasteiger partial charge in [0.05, 0.1) is 9.75 Å². The van der Waals surface area contributed by atoms with Crippen LogP contribution in [0.5, 0.6) is 0 Å². The Balaban J connectivity index is 0.000000188. The lowest BCUT2D eigenvalue weighted by Crippen LogP contribution is -2.61. The van der Waals surface area contributed by atoms with Crippen molar-refractivity contribution in [1.29, 1.82) is 0 Å². The van der Waals surface area contributed by atoms with E-state index in [9.17, 15) is 28.8 Å². The van der Waals surface area contributed by atoms with Crippen molar-refractivity contribution in [2.45, 2.75) is 153 Å². The standard InChI is InChI=1S/2C37H48N4O4S/c2*1-26-9-10-30-23-33(46-32(30)21-26)35(43)40-37(15-5-6-16-37)36(44)39-31(22-27-7-3-2-4-8-27)34(42)38-24-28-11-17-41(18-12-28)25-29-13-19-45-20-14-29/h2*2-4,7-10,21,23,28-29,31H,5-6,11-20,22,24-25H2,1H3,(H,38,42)(H,39,44)(H,40,43)/t2*31-/m11/s1. The highest BCUT2D eigenvalue weighted by Gasteiger charge is 2.46. The van der Waals surface area contributed by atoms with Crippen molar-refractivity contribution in [1.82, 2.24) is 41.7 Å². The average molecular weight is 1290 g/mol. The van der Waals surface area contributed by atoms with Gasteiger partial charge in [-0.25, -0.2) is 0 Å². The van der Waals surface area contributed by atoms with E-state index in [1.54, 1.807) is 0 Å². The summed E-state index contributed by atoms with van der Waals surface area (Å²) in [5.41, 5.74) is 2.19. The minimum absolute atomic E-state index is 0.166. The number of fused-ring (bicyclic) bond motifs is 2. The fourth-order valence-electron chi connectivity index (χ4n) is 14.6. The predicted molar refractivity (Wildman–Crippen MR) is 366 cm³/mol. The van der Waals surface area contributed by atoms with Gasteiger partial charge in [-0.3, -0.25) is 28.8 Å². The SMILES string of the molecule is Cc1ccc2cc(C(=O)NC3(C(=O)N[C@H](Cc4ccccc4)C(=O)NCC4CCN(CC5CCOCC5)CC4)CCCC3)sc2c1.Cc1ccc2cc(C(=O)NC3(C(=O)N[C@H](Cc4ccccc4)C(=O)NCC4CCN(CC5CCOCC5)CC4)CCCC3)sc2c1. The number of aryl methyl sites for hydroxylation is 2. The lowest BCUT2D eigenvalue weighted by atomic mass is 9.93. The van der Waals surface area contributed by atoms with Gasteiger partial charge in [0.15, 0.2) is 0 Å². The van der Waals surface area contributed by atoms with Crippen LogP contribution in [0.25, 0.3) is 20.2 Å². The Morgan fingerprint density at radius 2 is 0.848 bits per heavy atom. The molecule has 2 aliphatic carbocycles. The van der Waals surface area contributed by atoms with E-state index in [-0.39, 0.29) is 35.4 Å². The number of likely N-dealkylation sites (tertiary alicyclic amines) is 2. The second-order valence-electron chi connectivity index (χ2n) is 27.3. The molecule has 16 nitrogen and oxygen atoms in total. The number of thiophene rings is 2. The summed E-state index contributed by atoms with van der Waals surface area (Å²) in [7, 11) is 0. The van der Waals surface area contributed by atoms with Crippen LogP contribution in [0.15, 0.2) is 109 Å². The van der Waals surface area contributed by atoms with Gasteiger partial charge in [-0.2, -0.15) is 0 Å². The van der Waals surface area contributed by atoms with E-state index in [0.717, 1.165) is 197 Å². The van der Waals surface area contributed by atoms with Gasteiger partial charge in [0.1, 0.15) is 23.2 Å². The molecule has 2 saturated carbocycles. The van der Waals surface area contributed by atoms with E-state index >= 15 is 0 Å².